The Balaban J connectivity index is 3.38. The van der Waals surface area contributed by atoms with Crippen LogP contribution in [0.4, 0.5) is 0 Å². The van der Waals surface area contributed by atoms with Crippen LogP contribution in [0.15, 0.2) is 0 Å². The zero-order chi connectivity index (χ0) is 12.4. The average molecular weight is 229 g/mol. The third kappa shape index (κ3) is 9.17. The van der Waals surface area contributed by atoms with Gasteiger partial charge >= 0.3 is 0 Å². The van der Waals surface area contributed by atoms with Gasteiger partial charge in [0.1, 0.15) is 0 Å². The van der Waals surface area contributed by atoms with Crippen LogP contribution in [0.5, 0.6) is 0 Å². The van der Waals surface area contributed by atoms with E-state index in [1.54, 1.807) is 0 Å². The summed E-state index contributed by atoms with van der Waals surface area (Å²) in [5, 5.41) is 9.84. The van der Waals surface area contributed by atoms with Crippen molar-refractivity contribution in [2.75, 3.05) is 0 Å². The molecule has 0 aliphatic rings. The van der Waals surface area contributed by atoms with Crippen LogP contribution in [-0.4, -0.2) is 17.3 Å². The molecule has 0 fully saturated rings. The quantitative estimate of drug-likeness (QED) is 0.563. The third-order valence-electron chi connectivity index (χ3n) is 3.09. The summed E-state index contributed by atoms with van der Waals surface area (Å²) >= 11 is 0. The first-order valence-corrected chi connectivity index (χ1v) is 7.01. The van der Waals surface area contributed by atoms with Crippen molar-refractivity contribution in [3.63, 3.8) is 0 Å². The lowest BCUT2D eigenvalue weighted by Gasteiger charge is -2.20. The molecule has 0 saturated heterocycles. The number of aliphatic hydroxyl groups is 1. The van der Waals surface area contributed by atoms with Gasteiger partial charge in [0.2, 0.25) is 0 Å². The van der Waals surface area contributed by atoms with E-state index in [2.05, 4.69) is 20.8 Å². The van der Waals surface area contributed by atoms with E-state index < -0.39 is 0 Å². The first kappa shape index (κ1) is 15.9. The van der Waals surface area contributed by atoms with Crippen LogP contribution in [0.25, 0.3) is 0 Å². The van der Waals surface area contributed by atoms with E-state index in [-0.39, 0.29) is 12.1 Å². The molecule has 0 aromatic carbocycles. The van der Waals surface area contributed by atoms with Gasteiger partial charge in [0, 0.05) is 6.04 Å². The van der Waals surface area contributed by atoms with E-state index >= 15 is 0 Å². The molecule has 0 aliphatic heterocycles. The van der Waals surface area contributed by atoms with Gasteiger partial charge in [-0.05, 0) is 18.8 Å². The molecule has 16 heavy (non-hydrogen) atoms. The lowest BCUT2D eigenvalue weighted by Crippen LogP contribution is -2.35. The molecule has 0 aromatic rings. The van der Waals surface area contributed by atoms with Gasteiger partial charge in [-0.15, -0.1) is 0 Å². The van der Waals surface area contributed by atoms with Crippen molar-refractivity contribution in [3.05, 3.63) is 0 Å². The Bertz CT molecular complexity index is 148. The molecular weight excluding hydrogens is 198 g/mol. The van der Waals surface area contributed by atoms with Crippen molar-refractivity contribution >= 4 is 0 Å². The van der Waals surface area contributed by atoms with Crippen molar-refractivity contribution < 1.29 is 5.11 Å². The molecule has 2 nitrogen and oxygen atoms in total. The normalized spacial score (nSPS) is 15.4. The predicted octanol–water partition coefficient (Wildman–Crippen LogP) is 3.47. The number of rotatable bonds is 10. The van der Waals surface area contributed by atoms with Crippen LogP contribution < -0.4 is 5.73 Å². The Hall–Kier alpha value is -0.0800. The maximum Gasteiger partial charge on any atom is 0.0691 e. The average Bonchev–Trinajstić information content (AvgIpc) is 2.21. The summed E-state index contributed by atoms with van der Waals surface area (Å²) in [4.78, 5) is 0. The molecule has 0 aromatic heterocycles. The number of nitrogens with two attached hydrogens (primary N) is 1. The van der Waals surface area contributed by atoms with Gasteiger partial charge in [0.15, 0.2) is 0 Å². The van der Waals surface area contributed by atoms with E-state index in [9.17, 15) is 5.11 Å². The van der Waals surface area contributed by atoms with Gasteiger partial charge < -0.3 is 10.8 Å². The van der Waals surface area contributed by atoms with Crippen molar-refractivity contribution in [2.24, 2.45) is 11.7 Å². The minimum atomic E-state index is -0.298. The van der Waals surface area contributed by atoms with E-state index in [0.29, 0.717) is 5.92 Å². The van der Waals surface area contributed by atoms with Gasteiger partial charge in [-0.25, -0.2) is 0 Å². The van der Waals surface area contributed by atoms with E-state index in [1.165, 1.54) is 32.1 Å². The molecule has 0 saturated carbocycles. The molecule has 0 spiro atoms. The predicted molar refractivity (Wildman–Crippen MR) is 71.4 cm³/mol. The molecular formula is C14H31NO. The van der Waals surface area contributed by atoms with Crippen molar-refractivity contribution in [1.29, 1.82) is 0 Å². The summed E-state index contributed by atoms with van der Waals surface area (Å²) in [6.07, 6.45) is 9.15. The molecule has 2 atom stereocenters. The second-order valence-corrected chi connectivity index (χ2v) is 5.42. The molecule has 0 bridgehead atoms. The van der Waals surface area contributed by atoms with Gasteiger partial charge in [-0.1, -0.05) is 59.3 Å². The van der Waals surface area contributed by atoms with Gasteiger partial charge in [0.25, 0.3) is 0 Å². The Morgan fingerprint density at radius 3 is 2.12 bits per heavy atom. The fourth-order valence-electron chi connectivity index (χ4n) is 2.05. The molecule has 3 N–H and O–H groups in total. The minimum absolute atomic E-state index is 0.0318. The first-order valence-electron chi connectivity index (χ1n) is 7.01. The monoisotopic (exact) mass is 229 g/mol. The Labute approximate surface area is 102 Å². The molecule has 0 rings (SSSR count). The largest absolute Gasteiger partial charge is 0.392 e. The van der Waals surface area contributed by atoms with Crippen LogP contribution in [0.2, 0.25) is 0 Å². The Kier molecular flexibility index (Phi) is 10.0. The molecule has 0 aliphatic carbocycles. The molecule has 0 amide bonds. The van der Waals surface area contributed by atoms with Gasteiger partial charge in [-0.3, -0.25) is 0 Å². The highest BCUT2D eigenvalue weighted by Crippen LogP contribution is 2.13. The fraction of sp³-hybridized carbons (Fsp3) is 1.00. The highest BCUT2D eigenvalue weighted by Gasteiger charge is 2.15. The zero-order valence-electron chi connectivity index (χ0n) is 11.4. The van der Waals surface area contributed by atoms with Crippen LogP contribution in [0, 0.1) is 5.92 Å². The number of unbranched alkanes of at least 4 members (excludes halogenated alkanes) is 5. The maximum atomic E-state index is 9.84. The summed E-state index contributed by atoms with van der Waals surface area (Å²) in [5.74, 6) is 0.578. The third-order valence-corrected chi connectivity index (χ3v) is 3.09. The molecule has 2 heteroatoms. The molecule has 98 valence electrons. The summed E-state index contributed by atoms with van der Waals surface area (Å²) in [7, 11) is 0. The van der Waals surface area contributed by atoms with Crippen LogP contribution >= 0.6 is 0 Å². The summed E-state index contributed by atoms with van der Waals surface area (Å²) in [5.41, 5.74) is 5.93. The standard InChI is InChI=1S/C14H31NO/c1-4-5-6-7-8-9-10-14(16)13(15)11-12(2)3/h12-14,16H,4-11,15H2,1-3H3/t13-,14+/m0/s1. The molecule has 0 unspecified atom stereocenters. The smallest absolute Gasteiger partial charge is 0.0691 e. The summed E-state index contributed by atoms with van der Waals surface area (Å²) in [6.45, 7) is 6.53. The lowest BCUT2D eigenvalue weighted by atomic mass is 9.96. The Morgan fingerprint density at radius 1 is 1.00 bits per heavy atom. The van der Waals surface area contributed by atoms with E-state index in [0.717, 1.165) is 19.3 Å². The second kappa shape index (κ2) is 10.1. The zero-order valence-corrected chi connectivity index (χ0v) is 11.4. The van der Waals surface area contributed by atoms with Crippen molar-refractivity contribution in [2.45, 2.75) is 84.3 Å². The van der Waals surface area contributed by atoms with Crippen LogP contribution in [0.1, 0.15) is 72.1 Å². The SMILES string of the molecule is CCCCCCCC[C@@H](O)[C@@H](N)CC(C)C. The van der Waals surface area contributed by atoms with E-state index in [1.807, 2.05) is 0 Å². The van der Waals surface area contributed by atoms with Crippen molar-refractivity contribution in [3.8, 4) is 0 Å². The minimum Gasteiger partial charge on any atom is -0.392 e. The van der Waals surface area contributed by atoms with Gasteiger partial charge in [0.05, 0.1) is 6.10 Å². The van der Waals surface area contributed by atoms with Crippen LogP contribution in [-0.2, 0) is 0 Å². The number of aliphatic hydroxyl groups excluding tert-OH is 1. The number of hydrogen-bond acceptors (Lipinski definition) is 2. The highest BCUT2D eigenvalue weighted by molar-refractivity contribution is 4.72. The van der Waals surface area contributed by atoms with Gasteiger partial charge in [-0.2, -0.15) is 0 Å². The maximum absolute atomic E-state index is 9.84. The Morgan fingerprint density at radius 2 is 1.56 bits per heavy atom. The number of hydrogen-bond donors (Lipinski definition) is 2. The van der Waals surface area contributed by atoms with Crippen LogP contribution in [0.3, 0.4) is 0 Å². The van der Waals surface area contributed by atoms with Crippen molar-refractivity contribution in [1.82, 2.24) is 0 Å². The topological polar surface area (TPSA) is 46.2 Å². The second-order valence-electron chi connectivity index (χ2n) is 5.42. The molecule has 0 heterocycles. The highest BCUT2D eigenvalue weighted by atomic mass is 16.3. The molecule has 0 radical (unpaired) electrons. The lowest BCUT2D eigenvalue weighted by molar-refractivity contribution is 0.122. The summed E-state index contributed by atoms with van der Waals surface area (Å²) < 4.78 is 0. The summed E-state index contributed by atoms with van der Waals surface area (Å²) in [6, 6.07) is -0.0318. The van der Waals surface area contributed by atoms with E-state index in [4.69, 9.17) is 5.73 Å². The first-order chi connectivity index (χ1) is 7.57. The fourth-order valence-corrected chi connectivity index (χ4v) is 2.05.